The summed E-state index contributed by atoms with van der Waals surface area (Å²) in [6.45, 7) is 7.29. The van der Waals surface area contributed by atoms with E-state index in [9.17, 15) is 4.79 Å². The first-order valence-electron chi connectivity index (χ1n) is 4.24. The third kappa shape index (κ3) is 5.92. The molecule has 0 aliphatic heterocycles. The average molecular weight is 170 g/mol. The molecule has 0 fully saturated rings. The van der Waals surface area contributed by atoms with E-state index in [2.05, 4.69) is 11.9 Å². The van der Waals surface area contributed by atoms with E-state index in [-0.39, 0.29) is 18.0 Å². The Hall–Kier alpha value is -0.830. The fourth-order valence-electron chi connectivity index (χ4n) is 0.887. The summed E-state index contributed by atoms with van der Waals surface area (Å²) >= 11 is 0. The van der Waals surface area contributed by atoms with Gasteiger partial charge < -0.3 is 11.1 Å². The van der Waals surface area contributed by atoms with Gasteiger partial charge in [0.05, 0.1) is 0 Å². The van der Waals surface area contributed by atoms with Crippen molar-refractivity contribution in [2.75, 3.05) is 0 Å². The molecule has 0 bridgehead atoms. The number of nitrogens with two attached hydrogens (primary N) is 1. The van der Waals surface area contributed by atoms with E-state index >= 15 is 0 Å². The van der Waals surface area contributed by atoms with Gasteiger partial charge in [-0.15, -0.1) is 0 Å². The van der Waals surface area contributed by atoms with Crippen molar-refractivity contribution in [1.29, 1.82) is 0 Å². The summed E-state index contributed by atoms with van der Waals surface area (Å²) < 4.78 is 0. The molecule has 2 atom stereocenters. The molecule has 12 heavy (non-hydrogen) atoms. The fourth-order valence-corrected chi connectivity index (χ4v) is 0.887. The Morgan fingerprint density at radius 2 is 2.17 bits per heavy atom. The van der Waals surface area contributed by atoms with Crippen molar-refractivity contribution in [2.24, 2.45) is 5.73 Å². The average Bonchev–Trinajstić information content (AvgIpc) is 2.00. The SMILES string of the molecule is C=CC(=O)NC(C)CCC(C)N. The molecule has 0 radical (unpaired) electrons. The van der Waals surface area contributed by atoms with Gasteiger partial charge in [-0.2, -0.15) is 0 Å². The highest BCUT2D eigenvalue weighted by Gasteiger charge is 2.04. The summed E-state index contributed by atoms with van der Waals surface area (Å²) in [6.07, 6.45) is 3.12. The zero-order valence-corrected chi connectivity index (χ0v) is 7.84. The molecule has 0 aromatic rings. The minimum absolute atomic E-state index is 0.118. The Bertz CT molecular complexity index is 155. The molecule has 3 N–H and O–H groups in total. The highest BCUT2D eigenvalue weighted by Crippen LogP contribution is 1.98. The van der Waals surface area contributed by atoms with Crippen LogP contribution in [0.1, 0.15) is 26.7 Å². The topological polar surface area (TPSA) is 55.1 Å². The largest absolute Gasteiger partial charge is 0.350 e. The second-order valence-electron chi connectivity index (χ2n) is 3.17. The Kier molecular flexibility index (Phi) is 5.37. The molecule has 0 spiro atoms. The van der Waals surface area contributed by atoms with Gasteiger partial charge in [-0.25, -0.2) is 0 Å². The van der Waals surface area contributed by atoms with E-state index in [0.29, 0.717) is 0 Å². The molecule has 1 amide bonds. The number of hydrogen-bond acceptors (Lipinski definition) is 2. The van der Waals surface area contributed by atoms with Gasteiger partial charge in [0.25, 0.3) is 0 Å². The molecule has 0 saturated heterocycles. The summed E-state index contributed by atoms with van der Waals surface area (Å²) in [5, 5.41) is 2.77. The summed E-state index contributed by atoms with van der Waals surface area (Å²) in [4.78, 5) is 10.8. The first kappa shape index (κ1) is 11.2. The molecule has 3 nitrogen and oxygen atoms in total. The molecular weight excluding hydrogens is 152 g/mol. The van der Waals surface area contributed by atoms with Crippen LogP contribution in [0.15, 0.2) is 12.7 Å². The Morgan fingerprint density at radius 1 is 1.58 bits per heavy atom. The van der Waals surface area contributed by atoms with Crippen molar-refractivity contribution in [3.63, 3.8) is 0 Å². The molecule has 0 aliphatic rings. The fraction of sp³-hybridized carbons (Fsp3) is 0.667. The second-order valence-corrected chi connectivity index (χ2v) is 3.17. The van der Waals surface area contributed by atoms with E-state index in [1.54, 1.807) is 0 Å². The second kappa shape index (κ2) is 5.77. The van der Waals surface area contributed by atoms with Gasteiger partial charge in [0.1, 0.15) is 0 Å². The standard InChI is InChI=1S/C9H18N2O/c1-4-9(12)11-8(3)6-5-7(2)10/h4,7-8H,1,5-6,10H2,2-3H3,(H,11,12). The summed E-state index contributed by atoms with van der Waals surface area (Å²) in [5.74, 6) is -0.118. The first-order valence-corrected chi connectivity index (χ1v) is 4.24. The highest BCUT2D eigenvalue weighted by atomic mass is 16.1. The van der Waals surface area contributed by atoms with Crippen molar-refractivity contribution in [2.45, 2.75) is 38.8 Å². The van der Waals surface area contributed by atoms with E-state index < -0.39 is 0 Å². The molecule has 70 valence electrons. The Labute approximate surface area is 74.0 Å². The lowest BCUT2D eigenvalue weighted by molar-refractivity contribution is -0.117. The van der Waals surface area contributed by atoms with Crippen molar-refractivity contribution in [3.8, 4) is 0 Å². The predicted octanol–water partition coefficient (Wildman–Crippen LogP) is 0.804. The van der Waals surface area contributed by atoms with Crippen LogP contribution in [0, 0.1) is 0 Å². The lowest BCUT2D eigenvalue weighted by Crippen LogP contribution is -2.32. The molecule has 0 saturated carbocycles. The van der Waals surface area contributed by atoms with Gasteiger partial charge >= 0.3 is 0 Å². The van der Waals surface area contributed by atoms with Crippen LogP contribution >= 0.6 is 0 Å². The van der Waals surface area contributed by atoms with Gasteiger partial charge in [0.2, 0.25) is 5.91 Å². The number of nitrogens with one attached hydrogen (secondary N) is 1. The van der Waals surface area contributed by atoms with Gasteiger partial charge in [-0.05, 0) is 32.8 Å². The van der Waals surface area contributed by atoms with Crippen molar-refractivity contribution >= 4 is 5.91 Å². The third-order valence-electron chi connectivity index (χ3n) is 1.63. The van der Waals surface area contributed by atoms with Crippen LogP contribution in [-0.4, -0.2) is 18.0 Å². The summed E-state index contributed by atoms with van der Waals surface area (Å²) in [7, 11) is 0. The Balaban J connectivity index is 3.52. The van der Waals surface area contributed by atoms with Gasteiger partial charge in [0.15, 0.2) is 0 Å². The first-order chi connectivity index (χ1) is 5.56. The maximum atomic E-state index is 10.8. The smallest absolute Gasteiger partial charge is 0.243 e. The summed E-state index contributed by atoms with van der Waals surface area (Å²) in [5.41, 5.74) is 5.57. The lowest BCUT2D eigenvalue weighted by atomic mass is 10.1. The zero-order chi connectivity index (χ0) is 9.56. The minimum Gasteiger partial charge on any atom is -0.350 e. The van der Waals surface area contributed by atoms with Crippen LogP contribution in [0.2, 0.25) is 0 Å². The predicted molar refractivity (Wildman–Crippen MR) is 50.7 cm³/mol. The number of rotatable bonds is 5. The molecule has 0 aliphatic carbocycles. The third-order valence-corrected chi connectivity index (χ3v) is 1.63. The number of carbonyl (C=O) groups excluding carboxylic acids is 1. The van der Waals surface area contributed by atoms with Crippen LogP contribution in [0.25, 0.3) is 0 Å². The lowest BCUT2D eigenvalue weighted by Gasteiger charge is -2.13. The molecule has 0 rings (SSSR count). The van der Waals surface area contributed by atoms with Crippen LogP contribution < -0.4 is 11.1 Å². The van der Waals surface area contributed by atoms with Crippen LogP contribution in [0.4, 0.5) is 0 Å². The van der Waals surface area contributed by atoms with Gasteiger partial charge in [-0.1, -0.05) is 6.58 Å². The molecule has 0 heterocycles. The zero-order valence-electron chi connectivity index (χ0n) is 7.84. The van der Waals surface area contributed by atoms with Crippen molar-refractivity contribution in [3.05, 3.63) is 12.7 Å². The van der Waals surface area contributed by atoms with E-state index in [0.717, 1.165) is 12.8 Å². The van der Waals surface area contributed by atoms with Crippen LogP contribution in [0.3, 0.4) is 0 Å². The van der Waals surface area contributed by atoms with E-state index in [4.69, 9.17) is 5.73 Å². The number of hydrogen-bond donors (Lipinski definition) is 2. The van der Waals surface area contributed by atoms with Crippen LogP contribution in [0.5, 0.6) is 0 Å². The van der Waals surface area contributed by atoms with Crippen LogP contribution in [-0.2, 0) is 4.79 Å². The van der Waals surface area contributed by atoms with Gasteiger partial charge in [-0.3, -0.25) is 4.79 Å². The molecular formula is C9H18N2O. The highest BCUT2D eigenvalue weighted by molar-refractivity contribution is 5.87. The normalized spacial score (nSPS) is 14.9. The van der Waals surface area contributed by atoms with E-state index in [1.165, 1.54) is 6.08 Å². The monoisotopic (exact) mass is 170 g/mol. The molecule has 2 unspecified atom stereocenters. The minimum atomic E-state index is -0.118. The van der Waals surface area contributed by atoms with Gasteiger partial charge in [0, 0.05) is 12.1 Å². The van der Waals surface area contributed by atoms with E-state index in [1.807, 2.05) is 13.8 Å². The Morgan fingerprint density at radius 3 is 2.58 bits per heavy atom. The maximum Gasteiger partial charge on any atom is 0.243 e. The van der Waals surface area contributed by atoms with Crippen molar-refractivity contribution < 1.29 is 4.79 Å². The number of amides is 1. The maximum absolute atomic E-state index is 10.8. The molecule has 3 heteroatoms. The summed E-state index contributed by atoms with van der Waals surface area (Å²) in [6, 6.07) is 0.384. The quantitative estimate of drug-likeness (QED) is 0.600. The number of carbonyl (C=O) groups is 1. The molecule has 0 aromatic carbocycles. The van der Waals surface area contributed by atoms with Crippen molar-refractivity contribution in [1.82, 2.24) is 5.32 Å². The molecule has 0 aromatic heterocycles.